The van der Waals surface area contributed by atoms with Crippen LogP contribution in [0.25, 0.3) is 0 Å². The predicted octanol–water partition coefficient (Wildman–Crippen LogP) is 5.67. The highest BCUT2D eigenvalue weighted by molar-refractivity contribution is 8.00. The van der Waals surface area contributed by atoms with Gasteiger partial charge in [0.15, 0.2) is 0 Å². The third kappa shape index (κ3) is 5.12. The first-order valence-corrected chi connectivity index (χ1v) is 9.97. The SMILES string of the molecule is CCC[C@@H](NC(=O)CSc1c(C)c(C)cc(C)c1C)c1ccccc1. The molecule has 2 nitrogen and oxygen atoms in total. The van der Waals surface area contributed by atoms with Crippen molar-refractivity contribution in [2.45, 2.75) is 58.4 Å². The van der Waals surface area contributed by atoms with E-state index in [0.29, 0.717) is 5.75 Å². The molecule has 1 atom stereocenters. The average molecular weight is 356 g/mol. The second-order valence-corrected chi connectivity index (χ2v) is 7.68. The Kier molecular flexibility index (Phi) is 7.12. The number of benzene rings is 2. The molecule has 0 heterocycles. The average Bonchev–Trinajstić information content (AvgIpc) is 2.60. The van der Waals surface area contributed by atoms with Gasteiger partial charge in [-0.05, 0) is 61.9 Å². The normalized spacial score (nSPS) is 12.0. The summed E-state index contributed by atoms with van der Waals surface area (Å²) >= 11 is 1.65. The van der Waals surface area contributed by atoms with Crippen LogP contribution in [0.4, 0.5) is 0 Å². The van der Waals surface area contributed by atoms with Crippen LogP contribution in [0, 0.1) is 27.7 Å². The number of hydrogen-bond donors (Lipinski definition) is 1. The van der Waals surface area contributed by atoms with E-state index in [1.807, 2.05) is 18.2 Å². The molecule has 134 valence electrons. The van der Waals surface area contributed by atoms with E-state index >= 15 is 0 Å². The van der Waals surface area contributed by atoms with Crippen LogP contribution >= 0.6 is 11.8 Å². The highest BCUT2D eigenvalue weighted by atomic mass is 32.2. The maximum absolute atomic E-state index is 12.5. The van der Waals surface area contributed by atoms with Crippen LogP contribution in [0.3, 0.4) is 0 Å². The largest absolute Gasteiger partial charge is 0.349 e. The van der Waals surface area contributed by atoms with Crippen LogP contribution in [-0.4, -0.2) is 11.7 Å². The minimum absolute atomic E-state index is 0.0979. The van der Waals surface area contributed by atoms with Crippen molar-refractivity contribution in [1.82, 2.24) is 5.32 Å². The molecule has 0 saturated heterocycles. The standard InChI is InChI=1S/C22H29NOS/c1-6-10-20(19-11-8-7-9-12-19)23-21(24)14-25-22-17(4)15(2)13-16(3)18(22)5/h7-9,11-13,20H,6,10,14H2,1-5H3,(H,23,24)/t20-/m1/s1. The second kappa shape index (κ2) is 9.10. The highest BCUT2D eigenvalue weighted by Crippen LogP contribution is 2.31. The van der Waals surface area contributed by atoms with E-state index in [1.165, 1.54) is 32.7 Å². The van der Waals surface area contributed by atoms with E-state index < -0.39 is 0 Å². The first-order chi connectivity index (χ1) is 11.9. The molecular formula is C22H29NOS. The molecule has 0 aromatic heterocycles. The van der Waals surface area contributed by atoms with Crippen LogP contribution in [0.15, 0.2) is 41.3 Å². The topological polar surface area (TPSA) is 29.1 Å². The molecule has 1 N–H and O–H groups in total. The summed E-state index contributed by atoms with van der Waals surface area (Å²) in [6, 6.07) is 12.6. The number of hydrogen-bond acceptors (Lipinski definition) is 2. The number of nitrogens with one attached hydrogen (secondary N) is 1. The first-order valence-electron chi connectivity index (χ1n) is 8.98. The van der Waals surface area contributed by atoms with Crippen molar-refractivity contribution in [2.75, 3.05) is 5.75 Å². The minimum atomic E-state index is 0.0979. The second-order valence-electron chi connectivity index (χ2n) is 6.70. The Balaban J connectivity index is 2.05. The smallest absolute Gasteiger partial charge is 0.230 e. The van der Waals surface area contributed by atoms with Gasteiger partial charge in [0.05, 0.1) is 11.8 Å². The van der Waals surface area contributed by atoms with Gasteiger partial charge in [-0.15, -0.1) is 11.8 Å². The van der Waals surface area contributed by atoms with Gasteiger partial charge >= 0.3 is 0 Å². The Morgan fingerprint density at radius 2 is 1.64 bits per heavy atom. The molecule has 2 aromatic rings. The Hall–Kier alpha value is -1.74. The number of amides is 1. The minimum Gasteiger partial charge on any atom is -0.349 e. The number of carbonyl (C=O) groups is 1. The lowest BCUT2D eigenvalue weighted by molar-refractivity contribution is -0.119. The van der Waals surface area contributed by atoms with E-state index in [4.69, 9.17) is 0 Å². The van der Waals surface area contributed by atoms with Gasteiger partial charge in [-0.1, -0.05) is 49.7 Å². The Bertz CT molecular complexity index is 698. The maximum Gasteiger partial charge on any atom is 0.230 e. The summed E-state index contributed by atoms with van der Waals surface area (Å²) < 4.78 is 0. The molecule has 1 amide bonds. The summed E-state index contributed by atoms with van der Waals surface area (Å²) in [5.74, 6) is 0.558. The Labute approximate surface area is 156 Å². The summed E-state index contributed by atoms with van der Waals surface area (Å²) in [7, 11) is 0. The molecule has 0 radical (unpaired) electrons. The summed E-state index contributed by atoms with van der Waals surface area (Å²) in [5, 5.41) is 3.21. The molecule has 2 rings (SSSR count). The van der Waals surface area contributed by atoms with E-state index in [0.717, 1.165) is 12.8 Å². The van der Waals surface area contributed by atoms with E-state index in [1.54, 1.807) is 11.8 Å². The predicted molar refractivity (Wildman–Crippen MR) is 108 cm³/mol. The molecule has 2 aromatic carbocycles. The molecule has 3 heteroatoms. The quantitative estimate of drug-likeness (QED) is 0.648. The molecule has 0 fully saturated rings. The molecule has 0 spiro atoms. The Morgan fingerprint density at radius 1 is 1.04 bits per heavy atom. The van der Waals surface area contributed by atoms with E-state index in [9.17, 15) is 4.79 Å². The highest BCUT2D eigenvalue weighted by Gasteiger charge is 2.15. The van der Waals surface area contributed by atoms with Crippen molar-refractivity contribution in [3.63, 3.8) is 0 Å². The fourth-order valence-electron chi connectivity index (χ4n) is 3.07. The van der Waals surface area contributed by atoms with Crippen molar-refractivity contribution in [3.05, 3.63) is 64.2 Å². The van der Waals surface area contributed by atoms with E-state index in [2.05, 4.69) is 58.1 Å². The maximum atomic E-state index is 12.5. The molecule has 0 unspecified atom stereocenters. The van der Waals surface area contributed by atoms with Gasteiger partial charge in [0.25, 0.3) is 0 Å². The monoisotopic (exact) mass is 355 g/mol. The molecule has 0 aliphatic rings. The zero-order valence-corrected chi connectivity index (χ0v) is 16.8. The van der Waals surface area contributed by atoms with E-state index in [-0.39, 0.29) is 11.9 Å². The lowest BCUT2D eigenvalue weighted by atomic mass is 10.0. The van der Waals surface area contributed by atoms with Gasteiger partial charge in [0.2, 0.25) is 5.91 Å². The van der Waals surface area contributed by atoms with Crippen LogP contribution in [0.1, 0.15) is 53.6 Å². The summed E-state index contributed by atoms with van der Waals surface area (Å²) in [6.45, 7) is 10.7. The van der Waals surface area contributed by atoms with Gasteiger partial charge < -0.3 is 5.32 Å². The van der Waals surface area contributed by atoms with Crippen molar-refractivity contribution in [3.8, 4) is 0 Å². The van der Waals surface area contributed by atoms with Crippen molar-refractivity contribution in [1.29, 1.82) is 0 Å². The van der Waals surface area contributed by atoms with Gasteiger partial charge in [0, 0.05) is 4.90 Å². The zero-order chi connectivity index (χ0) is 18.4. The molecule has 0 aliphatic heterocycles. The molecule has 25 heavy (non-hydrogen) atoms. The van der Waals surface area contributed by atoms with Crippen molar-refractivity contribution in [2.24, 2.45) is 0 Å². The number of thioether (sulfide) groups is 1. The molecular weight excluding hydrogens is 326 g/mol. The van der Waals surface area contributed by atoms with Gasteiger partial charge in [-0.2, -0.15) is 0 Å². The van der Waals surface area contributed by atoms with Gasteiger partial charge in [-0.3, -0.25) is 4.79 Å². The van der Waals surface area contributed by atoms with Gasteiger partial charge in [-0.25, -0.2) is 0 Å². The number of rotatable bonds is 7. The fourth-order valence-corrected chi connectivity index (χ4v) is 4.18. The van der Waals surface area contributed by atoms with Crippen LogP contribution in [-0.2, 0) is 4.79 Å². The number of carbonyl (C=O) groups excluding carboxylic acids is 1. The van der Waals surface area contributed by atoms with Gasteiger partial charge in [0.1, 0.15) is 0 Å². The van der Waals surface area contributed by atoms with Crippen LogP contribution in [0.2, 0.25) is 0 Å². The lowest BCUT2D eigenvalue weighted by Crippen LogP contribution is -2.30. The molecule has 0 aliphatic carbocycles. The zero-order valence-electron chi connectivity index (χ0n) is 16.0. The fraction of sp³-hybridized carbons (Fsp3) is 0.409. The summed E-state index contributed by atoms with van der Waals surface area (Å²) in [6.07, 6.45) is 2.00. The number of aryl methyl sites for hydroxylation is 2. The molecule has 0 bridgehead atoms. The third-order valence-corrected chi connectivity index (χ3v) is 6.07. The lowest BCUT2D eigenvalue weighted by Gasteiger charge is -2.19. The summed E-state index contributed by atoms with van der Waals surface area (Å²) in [5.41, 5.74) is 6.34. The Morgan fingerprint density at radius 3 is 2.20 bits per heavy atom. The van der Waals surface area contributed by atoms with Crippen molar-refractivity contribution < 1.29 is 4.79 Å². The summed E-state index contributed by atoms with van der Waals surface area (Å²) in [4.78, 5) is 13.8. The third-order valence-electron chi connectivity index (χ3n) is 4.76. The van der Waals surface area contributed by atoms with Crippen LogP contribution in [0.5, 0.6) is 0 Å². The molecule has 0 saturated carbocycles. The van der Waals surface area contributed by atoms with Crippen molar-refractivity contribution >= 4 is 17.7 Å². The first kappa shape index (κ1) is 19.6. The van der Waals surface area contributed by atoms with Crippen LogP contribution < -0.4 is 5.32 Å².